The molecule has 1 amide bonds. The average molecular weight is 345 g/mol. The Morgan fingerprint density at radius 2 is 1.23 bits per heavy atom. The molecule has 0 fully saturated rings. The third-order valence-corrected chi connectivity index (χ3v) is 4.50. The Kier molecular flexibility index (Phi) is 5.37. The highest BCUT2D eigenvalue weighted by Gasteiger charge is 2.32. The van der Waals surface area contributed by atoms with Gasteiger partial charge in [-0.1, -0.05) is 78.9 Å². The maximum atomic E-state index is 12.9. The van der Waals surface area contributed by atoms with E-state index in [1.165, 1.54) is 0 Å². The van der Waals surface area contributed by atoms with E-state index >= 15 is 0 Å². The van der Waals surface area contributed by atoms with Crippen molar-refractivity contribution < 1.29 is 9.53 Å². The van der Waals surface area contributed by atoms with Crippen molar-refractivity contribution in [2.24, 2.45) is 0 Å². The normalized spacial score (nSPS) is 12.2. The monoisotopic (exact) mass is 345 g/mol. The molecule has 3 heteroatoms. The first kappa shape index (κ1) is 17.7. The van der Waals surface area contributed by atoms with Crippen LogP contribution in [-0.2, 0) is 10.3 Å². The predicted octanol–water partition coefficient (Wildman–Crippen LogP) is 4.53. The highest BCUT2D eigenvalue weighted by molar-refractivity contribution is 5.82. The molecule has 0 aliphatic heterocycles. The van der Waals surface area contributed by atoms with Gasteiger partial charge in [0.15, 0.2) is 6.10 Å². The van der Waals surface area contributed by atoms with Crippen molar-refractivity contribution in [1.29, 1.82) is 0 Å². The van der Waals surface area contributed by atoms with Crippen molar-refractivity contribution in [2.75, 3.05) is 0 Å². The molecule has 3 nitrogen and oxygen atoms in total. The first-order valence-electron chi connectivity index (χ1n) is 8.74. The Labute approximate surface area is 154 Å². The fourth-order valence-corrected chi connectivity index (χ4v) is 2.96. The third kappa shape index (κ3) is 3.94. The highest BCUT2D eigenvalue weighted by atomic mass is 16.5. The van der Waals surface area contributed by atoms with E-state index in [-0.39, 0.29) is 5.91 Å². The molecule has 0 radical (unpaired) electrons. The van der Waals surface area contributed by atoms with Gasteiger partial charge in [0.1, 0.15) is 5.75 Å². The van der Waals surface area contributed by atoms with E-state index in [0.29, 0.717) is 5.75 Å². The first-order chi connectivity index (χ1) is 12.6. The minimum Gasteiger partial charge on any atom is -0.481 e. The summed E-state index contributed by atoms with van der Waals surface area (Å²) in [5.74, 6) is 0.514. The van der Waals surface area contributed by atoms with Crippen LogP contribution in [0, 0.1) is 0 Å². The standard InChI is InChI=1S/C23H23NO2/c1-18(26-21-16-10-5-11-17-21)22(25)24-23(2,19-12-6-3-7-13-19)20-14-8-4-9-15-20/h3-18H,1-2H3,(H,24,25). The van der Waals surface area contributed by atoms with Crippen LogP contribution in [0.15, 0.2) is 91.0 Å². The lowest BCUT2D eigenvalue weighted by molar-refractivity contribution is -0.128. The number of hydrogen-bond donors (Lipinski definition) is 1. The summed E-state index contributed by atoms with van der Waals surface area (Å²) < 4.78 is 5.78. The number of ether oxygens (including phenoxy) is 1. The molecule has 3 aromatic carbocycles. The van der Waals surface area contributed by atoms with Crippen LogP contribution < -0.4 is 10.1 Å². The zero-order valence-corrected chi connectivity index (χ0v) is 15.1. The van der Waals surface area contributed by atoms with Gasteiger partial charge < -0.3 is 10.1 Å². The summed E-state index contributed by atoms with van der Waals surface area (Å²) in [6.07, 6.45) is -0.607. The smallest absolute Gasteiger partial charge is 0.261 e. The van der Waals surface area contributed by atoms with Crippen molar-refractivity contribution in [3.63, 3.8) is 0 Å². The summed E-state index contributed by atoms with van der Waals surface area (Å²) in [5.41, 5.74) is 1.39. The summed E-state index contributed by atoms with van der Waals surface area (Å²) in [4.78, 5) is 12.9. The number of carbonyl (C=O) groups is 1. The quantitative estimate of drug-likeness (QED) is 0.712. The Morgan fingerprint density at radius 3 is 1.69 bits per heavy atom. The Bertz CT molecular complexity index is 792. The lowest BCUT2D eigenvalue weighted by Gasteiger charge is -2.33. The second-order valence-electron chi connectivity index (χ2n) is 6.42. The van der Waals surface area contributed by atoms with Crippen LogP contribution in [0.4, 0.5) is 0 Å². The Balaban J connectivity index is 1.85. The summed E-state index contributed by atoms with van der Waals surface area (Å²) in [6.45, 7) is 3.78. The zero-order chi connectivity index (χ0) is 18.4. The number of para-hydroxylation sites is 1. The molecule has 1 N–H and O–H groups in total. The summed E-state index contributed by atoms with van der Waals surface area (Å²) >= 11 is 0. The maximum Gasteiger partial charge on any atom is 0.261 e. The SMILES string of the molecule is CC(Oc1ccccc1)C(=O)NC(C)(c1ccccc1)c1ccccc1. The van der Waals surface area contributed by atoms with E-state index in [1.807, 2.05) is 97.9 Å². The van der Waals surface area contributed by atoms with E-state index in [1.54, 1.807) is 6.92 Å². The number of benzene rings is 3. The first-order valence-corrected chi connectivity index (χ1v) is 8.74. The molecule has 3 rings (SSSR count). The van der Waals surface area contributed by atoms with Crippen molar-refractivity contribution >= 4 is 5.91 Å². The number of nitrogens with one attached hydrogen (secondary N) is 1. The maximum absolute atomic E-state index is 12.9. The van der Waals surface area contributed by atoms with Gasteiger partial charge in [0.2, 0.25) is 0 Å². The zero-order valence-electron chi connectivity index (χ0n) is 15.1. The van der Waals surface area contributed by atoms with Gasteiger partial charge in [-0.2, -0.15) is 0 Å². The molecule has 1 unspecified atom stereocenters. The van der Waals surface area contributed by atoms with Gasteiger partial charge in [0.25, 0.3) is 5.91 Å². The largest absolute Gasteiger partial charge is 0.481 e. The minimum absolute atomic E-state index is 0.163. The molecule has 0 aliphatic carbocycles. The second-order valence-corrected chi connectivity index (χ2v) is 6.42. The molecule has 0 saturated carbocycles. The summed E-state index contributed by atoms with van der Waals surface area (Å²) in [5, 5.41) is 3.18. The number of carbonyl (C=O) groups excluding carboxylic acids is 1. The molecule has 0 bridgehead atoms. The van der Waals surface area contributed by atoms with Gasteiger partial charge in [-0.25, -0.2) is 0 Å². The molecule has 0 saturated heterocycles. The molecule has 1 atom stereocenters. The van der Waals surface area contributed by atoms with E-state index in [4.69, 9.17) is 4.74 Å². The average Bonchev–Trinajstić information content (AvgIpc) is 2.70. The predicted molar refractivity (Wildman–Crippen MR) is 104 cm³/mol. The highest BCUT2D eigenvalue weighted by Crippen LogP contribution is 2.29. The molecular formula is C23H23NO2. The summed E-state index contributed by atoms with van der Waals surface area (Å²) in [7, 11) is 0. The Morgan fingerprint density at radius 1 is 0.808 bits per heavy atom. The fraction of sp³-hybridized carbons (Fsp3) is 0.174. The van der Waals surface area contributed by atoms with Gasteiger partial charge >= 0.3 is 0 Å². The van der Waals surface area contributed by atoms with Gasteiger partial charge in [-0.05, 0) is 37.1 Å². The molecule has 0 spiro atoms. The van der Waals surface area contributed by atoms with Crippen molar-refractivity contribution in [1.82, 2.24) is 5.32 Å². The second kappa shape index (κ2) is 7.87. The topological polar surface area (TPSA) is 38.3 Å². The van der Waals surface area contributed by atoms with Gasteiger partial charge in [-0.15, -0.1) is 0 Å². The number of rotatable bonds is 6. The minimum atomic E-state index is -0.645. The molecule has 132 valence electrons. The molecule has 0 aromatic heterocycles. The van der Waals surface area contributed by atoms with Crippen LogP contribution in [0.3, 0.4) is 0 Å². The number of amides is 1. The van der Waals surface area contributed by atoms with Crippen molar-refractivity contribution in [3.8, 4) is 5.75 Å². The molecule has 26 heavy (non-hydrogen) atoms. The van der Waals surface area contributed by atoms with Crippen LogP contribution in [-0.4, -0.2) is 12.0 Å². The van der Waals surface area contributed by atoms with Crippen LogP contribution in [0.25, 0.3) is 0 Å². The molecule has 3 aromatic rings. The van der Waals surface area contributed by atoms with Crippen molar-refractivity contribution in [2.45, 2.75) is 25.5 Å². The van der Waals surface area contributed by atoms with Crippen LogP contribution >= 0.6 is 0 Å². The Hall–Kier alpha value is -3.07. The lowest BCUT2D eigenvalue weighted by atomic mass is 9.84. The number of hydrogen-bond acceptors (Lipinski definition) is 2. The fourth-order valence-electron chi connectivity index (χ4n) is 2.96. The van der Waals surface area contributed by atoms with Crippen LogP contribution in [0.1, 0.15) is 25.0 Å². The van der Waals surface area contributed by atoms with E-state index in [0.717, 1.165) is 11.1 Å². The van der Waals surface area contributed by atoms with Gasteiger partial charge in [0, 0.05) is 0 Å². The lowest BCUT2D eigenvalue weighted by Crippen LogP contribution is -2.49. The summed E-state index contributed by atoms with van der Waals surface area (Å²) in [6, 6.07) is 29.3. The van der Waals surface area contributed by atoms with Gasteiger partial charge in [0.05, 0.1) is 5.54 Å². The van der Waals surface area contributed by atoms with Crippen LogP contribution in [0.2, 0.25) is 0 Å². The van der Waals surface area contributed by atoms with E-state index in [9.17, 15) is 4.79 Å². The third-order valence-electron chi connectivity index (χ3n) is 4.50. The van der Waals surface area contributed by atoms with E-state index in [2.05, 4.69) is 5.32 Å². The molecule has 0 heterocycles. The van der Waals surface area contributed by atoms with Crippen molar-refractivity contribution in [3.05, 3.63) is 102 Å². The van der Waals surface area contributed by atoms with Crippen LogP contribution in [0.5, 0.6) is 5.75 Å². The van der Waals surface area contributed by atoms with Gasteiger partial charge in [-0.3, -0.25) is 4.79 Å². The molecule has 0 aliphatic rings. The molecular weight excluding hydrogens is 322 g/mol. The van der Waals surface area contributed by atoms with E-state index < -0.39 is 11.6 Å².